The number of rotatable bonds is 8. The van der Waals surface area contributed by atoms with Crippen LogP contribution in [0, 0.1) is 0 Å². The monoisotopic (exact) mass is 362 g/mol. The molecule has 0 fully saturated rings. The standard InChI is InChI=1S/C21H34O3Si/c1-8-15-21(6,24-19(22)9-2)25(7,20(3,4)5)17-23-16-18-13-11-10-12-14-18/h8,10-15H,9,16-17H2,1-7H3/b15-8-/t21-,25+/m1/s1. The molecule has 0 N–H and O–H groups in total. The summed E-state index contributed by atoms with van der Waals surface area (Å²) in [6.07, 6.45) is 5.04. The smallest absolute Gasteiger partial charge is 0.306 e. The van der Waals surface area contributed by atoms with Gasteiger partial charge in [0.15, 0.2) is 0 Å². The lowest BCUT2D eigenvalue weighted by molar-refractivity contribution is -0.149. The molecule has 0 amide bonds. The van der Waals surface area contributed by atoms with Crippen molar-refractivity contribution in [3.8, 4) is 0 Å². The summed E-state index contributed by atoms with van der Waals surface area (Å²) >= 11 is 0. The van der Waals surface area contributed by atoms with Gasteiger partial charge in [-0.1, -0.05) is 70.6 Å². The summed E-state index contributed by atoms with van der Waals surface area (Å²) in [4.78, 5) is 12.1. The van der Waals surface area contributed by atoms with Crippen LogP contribution in [0.25, 0.3) is 0 Å². The summed E-state index contributed by atoms with van der Waals surface area (Å²) in [6.45, 7) is 15.4. The van der Waals surface area contributed by atoms with Gasteiger partial charge in [0.1, 0.15) is 13.3 Å². The van der Waals surface area contributed by atoms with Crippen LogP contribution in [-0.4, -0.2) is 25.5 Å². The Kier molecular flexibility index (Phi) is 7.63. The number of hydrogen-bond acceptors (Lipinski definition) is 3. The maximum atomic E-state index is 12.1. The second-order valence-electron chi connectivity index (χ2n) is 8.00. The minimum atomic E-state index is -2.21. The highest BCUT2D eigenvalue weighted by Gasteiger charge is 2.55. The van der Waals surface area contributed by atoms with E-state index in [9.17, 15) is 4.79 Å². The van der Waals surface area contributed by atoms with Gasteiger partial charge in [0.05, 0.1) is 6.61 Å². The molecule has 0 bridgehead atoms. The van der Waals surface area contributed by atoms with Crippen molar-refractivity contribution >= 4 is 14.0 Å². The number of esters is 1. The number of ether oxygens (including phenoxy) is 2. The molecule has 1 aromatic rings. The Balaban J connectivity index is 3.07. The van der Waals surface area contributed by atoms with Crippen molar-refractivity contribution in [3.05, 3.63) is 48.0 Å². The zero-order valence-corrected chi connectivity index (χ0v) is 17.9. The summed E-state index contributed by atoms with van der Waals surface area (Å²) in [7, 11) is -2.21. The van der Waals surface area contributed by atoms with Crippen LogP contribution in [0.15, 0.2) is 42.5 Å². The van der Waals surface area contributed by atoms with E-state index in [1.807, 2.05) is 51.1 Å². The molecule has 1 aromatic carbocycles. The molecule has 1 rings (SSSR count). The van der Waals surface area contributed by atoms with Crippen molar-refractivity contribution in [2.75, 3.05) is 6.23 Å². The quantitative estimate of drug-likeness (QED) is 0.350. The molecule has 0 aliphatic heterocycles. The molecule has 0 saturated carbocycles. The van der Waals surface area contributed by atoms with E-state index >= 15 is 0 Å². The van der Waals surface area contributed by atoms with Crippen LogP contribution in [0.4, 0.5) is 0 Å². The highest BCUT2D eigenvalue weighted by Crippen LogP contribution is 2.45. The molecular formula is C21H34O3Si. The fourth-order valence-electron chi connectivity index (χ4n) is 3.01. The van der Waals surface area contributed by atoms with Gasteiger partial charge >= 0.3 is 5.97 Å². The molecular weight excluding hydrogens is 328 g/mol. The van der Waals surface area contributed by atoms with Gasteiger partial charge in [-0.05, 0) is 30.5 Å². The van der Waals surface area contributed by atoms with E-state index in [0.717, 1.165) is 5.56 Å². The van der Waals surface area contributed by atoms with E-state index in [0.29, 0.717) is 19.3 Å². The number of hydrogen-bond donors (Lipinski definition) is 0. The Hall–Kier alpha value is -1.39. The van der Waals surface area contributed by atoms with E-state index in [2.05, 4.69) is 39.5 Å². The van der Waals surface area contributed by atoms with E-state index < -0.39 is 13.3 Å². The fourth-order valence-corrected chi connectivity index (χ4v) is 6.60. The molecule has 3 nitrogen and oxygen atoms in total. The first-order valence-electron chi connectivity index (χ1n) is 9.07. The Labute approximate surface area is 154 Å². The van der Waals surface area contributed by atoms with Crippen LogP contribution in [0.5, 0.6) is 0 Å². The summed E-state index contributed by atoms with van der Waals surface area (Å²) in [5.74, 6) is -0.161. The Morgan fingerprint density at radius 1 is 1.16 bits per heavy atom. The number of carbonyl (C=O) groups is 1. The molecule has 0 unspecified atom stereocenters. The largest absolute Gasteiger partial charge is 0.459 e. The van der Waals surface area contributed by atoms with Crippen LogP contribution >= 0.6 is 0 Å². The zero-order chi connectivity index (χ0) is 19.1. The van der Waals surface area contributed by atoms with Gasteiger partial charge in [-0.2, -0.15) is 0 Å². The van der Waals surface area contributed by atoms with E-state index in [-0.39, 0.29) is 11.0 Å². The van der Waals surface area contributed by atoms with Crippen molar-refractivity contribution < 1.29 is 14.3 Å². The lowest BCUT2D eigenvalue weighted by atomic mass is 10.2. The lowest BCUT2D eigenvalue weighted by Gasteiger charge is -2.50. The average Bonchev–Trinajstić information content (AvgIpc) is 2.54. The Morgan fingerprint density at radius 2 is 1.76 bits per heavy atom. The second kappa shape index (κ2) is 8.81. The highest BCUT2D eigenvalue weighted by atomic mass is 28.3. The fraction of sp³-hybridized carbons (Fsp3) is 0.571. The molecule has 25 heavy (non-hydrogen) atoms. The van der Waals surface area contributed by atoms with Crippen molar-refractivity contribution in [1.29, 1.82) is 0 Å². The molecule has 0 saturated heterocycles. The summed E-state index contributed by atoms with van der Waals surface area (Å²) < 4.78 is 12.1. The third kappa shape index (κ3) is 5.29. The third-order valence-electron chi connectivity index (χ3n) is 5.35. The van der Waals surface area contributed by atoms with Crippen LogP contribution in [0.3, 0.4) is 0 Å². The first-order chi connectivity index (χ1) is 11.6. The zero-order valence-electron chi connectivity index (χ0n) is 16.9. The first kappa shape index (κ1) is 21.6. The van der Waals surface area contributed by atoms with E-state index in [4.69, 9.17) is 9.47 Å². The van der Waals surface area contributed by atoms with Gasteiger partial charge in [0.2, 0.25) is 0 Å². The maximum Gasteiger partial charge on any atom is 0.306 e. The van der Waals surface area contributed by atoms with Gasteiger partial charge in [-0.3, -0.25) is 4.79 Å². The molecule has 140 valence electrons. The number of carbonyl (C=O) groups excluding carboxylic acids is 1. The van der Waals surface area contributed by atoms with E-state index in [1.54, 1.807) is 0 Å². The minimum Gasteiger partial charge on any atom is -0.459 e. The van der Waals surface area contributed by atoms with Crippen molar-refractivity contribution in [1.82, 2.24) is 0 Å². The molecule has 0 spiro atoms. The lowest BCUT2D eigenvalue weighted by Crippen LogP contribution is -2.64. The first-order valence-corrected chi connectivity index (χ1v) is 11.8. The highest BCUT2D eigenvalue weighted by molar-refractivity contribution is 6.84. The van der Waals surface area contributed by atoms with Gasteiger partial charge in [0.25, 0.3) is 0 Å². The molecule has 0 aromatic heterocycles. The van der Waals surface area contributed by atoms with Crippen LogP contribution < -0.4 is 0 Å². The van der Waals surface area contributed by atoms with Crippen molar-refractivity contribution in [3.63, 3.8) is 0 Å². The number of benzene rings is 1. The number of allylic oxidation sites excluding steroid dienone is 1. The summed E-state index contributed by atoms with van der Waals surface area (Å²) in [5.41, 5.74) is 1.16. The molecule has 0 radical (unpaired) electrons. The van der Waals surface area contributed by atoms with Crippen molar-refractivity contribution in [2.24, 2.45) is 0 Å². The SMILES string of the molecule is C/C=C\[C@](C)(OC(=O)CC)[Si@@](C)(COCc1ccccc1)C(C)(C)C. The molecule has 0 heterocycles. The molecule has 0 aliphatic carbocycles. The summed E-state index contributed by atoms with van der Waals surface area (Å²) in [6, 6.07) is 10.2. The third-order valence-corrected chi connectivity index (χ3v) is 11.9. The van der Waals surface area contributed by atoms with Gasteiger partial charge < -0.3 is 9.47 Å². The topological polar surface area (TPSA) is 35.5 Å². The van der Waals surface area contributed by atoms with Gasteiger partial charge in [0, 0.05) is 12.7 Å². The summed E-state index contributed by atoms with van der Waals surface area (Å²) in [5, 5.41) is -0.601. The molecule has 4 heteroatoms. The molecule has 0 aliphatic rings. The predicted molar refractivity (Wildman–Crippen MR) is 107 cm³/mol. The van der Waals surface area contributed by atoms with Crippen LogP contribution in [-0.2, 0) is 20.9 Å². The maximum absolute atomic E-state index is 12.1. The van der Waals surface area contributed by atoms with E-state index in [1.165, 1.54) is 0 Å². The minimum absolute atomic E-state index is 0.00592. The van der Waals surface area contributed by atoms with Crippen LogP contribution in [0.2, 0.25) is 11.6 Å². The van der Waals surface area contributed by atoms with Gasteiger partial charge in [-0.25, -0.2) is 0 Å². The van der Waals surface area contributed by atoms with Crippen molar-refractivity contribution in [2.45, 2.75) is 71.4 Å². The normalized spacial score (nSPS) is 17.1. The second-order valence-corrected chi connectivity index (χ2v) is 13.4. The Bertz CT molecular complexity index is 577. The predicted octanol–water partition coefficient (Wildman–Crippen LogP) is 5.45. The Morgan fingerprint density at radius 3 is 2.24 bits per heavy atom. The molecule has 2 atom stereocenters. The average molecular weight is 363 g/mol. The van der Waals surface area contributed by atoms with Gasteiger partial charge in [-0.15, -0.1) is 0 Å². The van der Waals surface area contributed by atoms with Crippen LogP contribution in [0.1, 0.15) is 53.5 Å².